The predicted molar refractivity (Wildman–Crippen MR) is 99.5 cm³/mol. The quantitative estimate of drug-likeness (QED) is 0.669. The third-order valence-electron chi connectivity index (χ3n) is 4.17. The number of hydrogen-bond acceptors (Lipinski definition) is 4. The Bertz CT molecular complexity index is 920. The monoisotopic (exact) mass is 368 g/mol. The summed E-state index contributed by atoms with van der Waals surface area (Å²) in [5.74, 6) is 0.242. The number of hydrogen-bond donors (Lipinski definition) is 0. The summed E-state index contributed by atoms with van der Waals surface area (Å²) in [5.41, 5.74) is 2.51. The van der Waals surface area contributed by atoms with Crippen molar-refractivity contribution < 1.29 is 13.9 Å². The maximum Gasteiger partial charge on any atom is 0.276 e. The molecule has 0 N–H and O–H groups in total. The van der Waals surface area contributed by atoms with E-state index in [0.29, 0.717) is 24.5 Å². The first-order chi connectivity index (χ1) is 13.0. The normalized spacial score (nSPS) is 10.7. The molecule has 0 spiro atoms. The molecule has 0 atom stereocenters. The van der Waals surface area contributed by atoms with Gasteiger partial charge in [0, 0.05) is 13.6 Å². The fraction of sp³-hybridized carbons (Fsp3) is 0.250. The van der Waals surface area contributed by atoms with Gasteiger partial charge in [-0.1, -0.05) is 17.3 Å². The van der Waals surface area contributed by atoms with Crippen molar-refractivity contribution in [1.29, 1.82) is 0 Å². The van der Waals surface area contributed by atoms with Gasteiger partial charge in [-0.15, -0.1) is 5.10 Å². The predicted octanol–water partition coefficient (Wildman–Crippen LogP) is 3.39. The van der Waals surface area contributed by atoms with Gasteiger partial charge in [0.15, 0.2) is 5.69 Å². The zero-order valence-electron chi connectivity index (χ0n) is 15.5. The second-order valence-electron chi connectivity index (χ2n) is 6.15. The fourth-order valence-corrected chi connectivity index (χ4v) is 2.74. The summed E-state index contributed by atoms with van der Waals surface area (Å²) in [7, 11) is 1.72. The molecule has 0 bridgehead atoms. The highest BCUT2D eigenvalue weighted by Crippen LogP contribution is 2.17. The molecule has 3 rings (SSSR count). The zero-order chi connectivity index (χ0) is 19.4. The molecule has 0 aliphatic rings. The lowest BCUT2D eigenvalue weighted by Crippen LogP contribution is -2.27. The molecule has 0 fully saturated rings. The van der Waals surface area contributed by atoms with Crippen LogP contribution in [0.5, 0.6) is 5.75 Å². The molecule has 1 heterocycles. The second-order valence-corrected chi connectivity index (χ2v) is 6.15. The smallest absolute Gasteiger partial charge is 0.276 e. The summed E-state index contributed by atoms with van der Waals surface area (Å²) in [4.78, 5) is 14.3. The van der Waals surface area contributed by atoms with Crippen LogP contribution in [0.2, 0.25) is 0 Å². The SMILES string of the molecule is CCOc1ccc(CN(C)C(=O)c2nnn(-c3ccc(F)cc3)c2C)cc1. The van der Waals surface area contributed by atoms with Crippen LogP contribution in [0.25, 0.3) is 5.69 Å². The van der Waals surface area contributed by atoms with Crippen LogP contribution in [-0.4, -0.2) is 39.5 Å². The van der Waals surface area contributed by atoms with E-state index < -0.39 is 0 Å². The number of carbonyl (C=O) groups is 1. The Morgan fingerprint density at radius 2 is 1.81 bits per heavy atom. The lowest BCUT2D eigenvalue weighted by molar-refractivity contribution is 0.0778. The standard InChI is InChI=1S/C20H21FN4O2/c1-4-27-18-11-5-15(6-12-18)13-24(3)20(26)19-14(2)25(23-22-19)17-9-7-16(21)8-10-17/h5-12H,4,13H2,1-3H3. The molecule has 0 radical (unpaired) electrons. The highest BCUT2D eigenvalue weighted by molar-refractivity contribution is 5.93. The molecule has 7 heteroatoms. The number of benzene rings is 2. The van der Waals surface area contributed by atoms with Crippen molar-refractivity contribution in [3.63, 3.8) is 0 Å². The minimum Gasteiger partial charge on any atom is -0.494 e. The first-order valence-corrected chi connectivity index (χ1v) is 8.65. The van der Waals surface area contributed by atoms with E-state index in [2.05, 4.69) is 10.3 Å². The van der Waals surface area contributed by atoms with Crippen molar-refractivity contribution in [2.45, 2.75) is 20.4 Å². The Morgan fingerprint density at radius 1 is 1.15 bits per heavy atom. The molecule has 0 aliphatic carbocycles. The van der Waals surface area contributed by atoms with Gasteiger partial charge in [0.05, 0.1) is 18.0 Å². The third kappa shape index (κ3) is 4.13. The minimum atomic E-state index is -0.331. The second kappa shape index (κ2) is 7.99. The van der Waals surface area contributed by atoms with Crippen molar-refractivity contribution in [3.05, 3.63) is 71.3 Å². The van der Waals surface area contributed by atoms with E-state index in [1.165, 1.54) is 16.8 Å². The van der Waals surface area contributed by atoms with Crippen LogP contribution < -0.4 is 4.74 Å². The Balaban J connectivity index is 1.74. The molecule has 3 aromatic rings. The zero-order valence-corrected chi connectivity index (χ0v) is 15.5. The van der Waals surface area contributed by atoms with Crippen LogP contribution in [0.15, 0.2) is 48.5 Å². The molecule has 1 aromatic heterocycles. The number of amides is 1. The van der Waals surface area contributed by atoms with Gasteiger partial charge >= 0.3 is 0 Å². The van der Waals surface area contributed by atoms with Gasteiger partial charge in [-0.05, 0) is 55.8 Å². The van der Waals surface area contributed by atoms with E-state index in [1.807, 2.05) is 31.2 Å². The van der Waals surface area contributed by atoms with Gasteiger partial charge < -0.3 is 9.64 Å². The van der Waals surface area contributed by atoms with Crippen LogP contribution in [0, 0.1) is 12.7 Å². The summed E-state index contributed by atoms with van der Waals surface area (Å²) in [5, 5.41) is 8.06. The van der Waals surface area contributed by atoms with Crippen LogP contribution >= 0.6 is 0 Å². The number of rotatable bonds is 6. The van der Waals surface area contributed by atoms with E-state index >= 15 is 0 Å². The topological polar surface area (TPSA) is 60.2 Å². The largest absolute Gasteiger partial charge is 0.494 e. The van der Waals surface area contributed by atoms with Crippen molar-refractivity contribution >= 4 is 5.91 Å². The summed E-state index contributed by atoms with van der Waals surface area (Å²) in [6, 6.07) is 13.5. The fourth-order valence-electron chi connectivity index (χ4n) is 2.74. The molecule has 140 valence electrons. The van der Waals surface area contributed by atoms with Crippen molar-refractivity contribution in [3.8, 4) is 11.4 Å². The Morgan fingerprint density at radius 3 is 2.44 bits per heavy atom. The van der Waals surface area contributed by atoms with Gasteiger partial charge in [0.2, 0.25) is 0 Å². The molecule has 0 aliphatic heterocycles. The highest BCUT2D eigenvalue weighted by Gasteiger charge is 2.21. The Hall–Kier alpha value is -3.22. The maximum absolute atomic E-state index is 13.1. The highest BCUT2D eigenvalue weighted by atomic mass is 19.1. The first-order valence-electron chi connectivity index (χ1n) is 8.65. The van der Waals surface area contributed by atoms with Crippen molar-refractivity contribution in [2.75, 3.05) is 13.7 Å². The number of carbonyl (C=O) groups excluding carboxylic acids is 1. The molecular weight excluding hydrogens is 347 g/mol. The van der Waals surface area contributed by atoms with Gasteiger partial charge in [0.1, 0.15) is 11.6 Å². The van der Waals surface area contributed by atoms with E-state index in [9.17, 15) is 9.18 Å². The van der Waals surface area contributed by atoms with E-state index in [1.54, 1.807) is 31.0 Å². The molecule has 27 heavy (non-hydrogen) atoms. The van der Waals surface area contributed by atoms with Gasteiger partial charge in [-0.25, -0.2) is 9.07 Å². The summed E-state index contributed by atoms with van der Waals surface area (Å²) < 4.78 is 20.1. The molecule has 0 unspecified atom stereocenters. The number of nitrogens with zero attached hydrogens (tertiary/aromatic N) is 4. The Kier molecular flexibility index (Phi) is 5.49. The van der Waals surface area contributed by atoms with Crippen molar-refractivity contribution in [2.24, 2.45) is 0 Å². The summed E-state index contributed by atoms with van der Waals surface area (Å²) in [6.45, 7) is 4.75. The number of halogens is 1. The molecule has 1 amide bonds. The Labute approximate surface area is 157 Å². The average Bonchev–Trinajstić information content (AvgIpc) is 3.05. The van der Waals surface area contributed by atoms with E-state index in [0.717, 1.165) is 11.3 Å². The molecule has 6 nitrogen and oxygen atoms in total. The lowest BCUT2D eigenvalue weighted by Gasteiger charge is -2.16. The minimum absolute atomic E-state index is 0.227. The van der Waals surface area contributed by atoms with Crippen LogP contribution in [0.1, 0.15) is 28.7 Å². The first kappa shape index (κ1) is 18.6. The van der Waals surface area contributed by atoms with Crippen LogP contribution in [0.3, 0.4) is 0 Å². The number of ether oxygens (including phenoxy) is 1. The molecular formula is C20H21FN4O2. The summed E-state index contributed by atoms with van der Waals surface area (Å²) in [6.07, 6.45) is 0. The van der Waals surface area contributed by atoms with Gasteiger partial charge in [-0.2, -0.15) is 0 Å². The average molecular weight is 368 g/mol. The van der Waals surface area contributed by atoms with Gasteiger partial charge in [0.25, 0.3) is 5.91 Å². The van der Waals surface area contributed by atoms with E-state index in [4.69, 9.17) is 4.74 Å². The number of aromatic nitrogens is 3. The van der Waals surface area contributed by atoms with E-state index in [-0.39, 0.29) is 17.4 Å². The van der Waals surface area contributed by atoms with Gasteiger partial charge in [-0.3, -0.25) is 4.79 Å². The summed E-state index contributed by atoms with van der Waals surface area (Å²) >= 11 is 0. The maximum atomic E-state index is 13.1. The lowest BCUT2D eigenvalue weighted by atomic mass is 10.2. The molecule has 0 saturated carbocycles. The van der Waals surface area contributed by atoms with Crippen LogP contribution in [-0.2, 0) is 6.54 Å². The third-order valence-corrected chi connectivity index (χ3v) is 4.17. The molecule has 2 aromatic carbocycles. The van der Waals surface area contributed by atoms with Crippen LogP contribution in [0.4, 0.5) is 4.39 Å². The van der Waals surface area contributed by atoms with Crippen molar-refractivity contribution in [1.82, 2.24) is 19.9 Å². The molecule has 0 saturated heterocycles.